The molecule has 1 unspecified atom stereocenters. The summed E-state index contributed by atoms with van der Waals surface area (Å²) in [5, 5.41) is 0. The van der Waals surface area contributed by atoms with E-state index in [2.05, 4.69) is 32.1 Å². The maximum Gasteiger partial charge on any atom is 0.162 e. The fourth-order valence-electron chi connectivity index (χ4n) is 4.37. The molecule has 0 nitrogen and oxygen atoms in total. The van der Waals surface area contributed by atoms with Gasteiger partial charge >= 0.3 is 0 Å². The molecule has 2 heteroatoms. The molecule has 1 saturated carbocycles. The molecular formula is C24H32F2. The van der Waals surface area contributed by atoms with E-state index in [1.807, 2.05) is 12.1 Å². The maximum atomic E-state index is 14.6. The third-order valence-corrected chi connectivity index (χ3v) is 6.31. The molecule has 2 aliphatic carbocycles. The first-order valence-corrected chi connectivity index (χ1v) is 10.3. The number of hydrogen-bond donors (Lipinski definition) is 0. The second-order valence-electron chi connectivity index (χ2n) is 8.45. The molecule has 0 aromatic heterocycles. The van der Waals surface area contributed by atoms with Crippen LogP contribution < -0.4 is 0 Å². The van der Waals surface area contributed by atoms with Gasteiger partial charge in [0, 0.05) is 0 Å². The minimum absolute atomic E-state index is 0.192. The normalized spacial score (nSPS) is 26.9. The van der Waals surface area contributed by atoms with Crippen molar-refractivity contribution in [3.63, 3.8) is 0 Å². The van der Waals surface area contributed by atoms with Gasteiger partial charge in [0.25, 0.3) is 0 Å². The molecule has 0 amide bonds. The van der Waals surface area contributed by atoms with Crippen molar-refractivity contribution in [2.45, 2.75) is 77.6 Å². The number of halogens is 2. The van der Waals surface area contributed by atoms with E-state index in [1.165, 1.54) is 18.4 Å². The summed E-state index contributed by atoms with van der Waals surface area (Å²) >= 11 is 0. The lowest BCUT2D eigenvalue weighted by Gasteiger charge is -2.27. The van der Waals surface area contributed by atoms with Crippen LogP contribution in [0.5, 0.6) is 0 Å². The Morgan fingerprint density at radius 2 is 1.81 bits per heavy atom. The Morgan fingerprint density at radius 3 is 2.50 bits per heavy atom. The summed E-state index contributed by atoms with van der Waals surface area (Å²) in [4.78, 5) is 0. The van der Waals surface area contributed by atoms with E-state index in [1.54, 1.807) is 0 Å². The van der Waals surface area contributed by atoms with E-state index in [4.69, 9.17) is 0 Å². The Hall–Kier alpha value is -1.44. The van der Waals surface area contributed by atoms with Crippen molar-refractivity contribution in [2.24, 2.45) is 11.8 Å². The van der Waals surface area contributed by atoms with Gasteiger partial charge in [0.2, 0.25) is 0 Å². The fraction of sp³-hybridized carbons (Fsp3) is 0.583. The van der Waals surface area contributed by atoms with Gasteiger partial charge in [-0.25, -0.2) is 8.78 Å². The number of benzene rings is 1. The van der Waals surface area contributed by atoms with Crippen LogP contribution in [-0.2, 0) is 6.42 Å². The van der Waals surface area contributed by atoms with E-state index in [0.29, 0.717) is 29.4 Å². The second kappa shape index (κ2) is 8.97. The smallest absolute Gasteiger partial charge is 0.162 e. The summed E-state index contributed by atoms with van der Waals surface area (Å²) in [6, 6.07) is 3.65. The van der Waals surface area contributed by atoms with Gasteiger partial charge in [0.1, 0.15) is 0 Å². The highest BCUT2D eigenvalue weighted by Gasteiger charge is 2.24. The molecule has 0 bridgehead atoms. The van der Waals surface area contributed by atoms with Crippen LogP contribution >= 0.6 is 0 Å². The molecule has 0 heterocycles. The summed E-state index contributed by atoms with van der Waals surface area (Å²) in [5.74, 6) is 0.298. The van der Waals surface area contributed by atoms with Crippen molar-refractivity contribution in [1.29, 1.82) is 0 Å². The summed E-state index contributed by atoms with van der Waals surface area (Å²) in [6.07, 6.45) is 15.8. The molecule has 2 aliphatic rings. The van der Waals surface area contributed by atoms with Gasteiger partial charge in [-0.05, 0) is 80.8 Å². The highest BCUT2D eigenvalue weighted by atomic mass is 19.2. The van der Waals surface area contributed by atoms with Crippen LogP contribution in [0.4, 0.5) is 8.78 Å². The summed E-state index contributed by atoms with van der Waals surface area (Å²) < 4.78 is 29.1. The van der Waals surface area contributed by atoms with Gasteiger partial charge in [0.15, 0.2) is 11.6 Å². The number of aryl methyl sites for hydroxylation is 1. The second-order valence-corrected chi connectivity index (χ2v) is 8.45. The quantitative estimate of drug-likeness (QED) is 0.478. The lowest BCUT2D eigenvalue weighted by Crippen LogP contribution is -2.13. The maximum absolute atomic E-state index is 14.6. The van der Waals surface area contributed by atoms with Crippen molar-refractivity contribution in [3.05, 3.63) is 58.7 Å². The van der Waals surface area contributed by atoms with Gasteiger partial charge in [-0.3, -0.25) is 0 Å². The van der Waals surface area contributed by atoms with Crippen LogP contribution in [0.3, 0.4) is 0 Å². The van der Waals surface area contributed by atoms with Crippen molar-refractivity contribution in [2.75, 3.05) is 0 Å². The molecule has 1 aromatic carbocycles. The third-order valence-electron chi connectivity index (χ3n) is 6.31. The average Bonchev–Trinajstić information content (AvgIpc) is 2.64. The van der Waals surface area contributed by atoms with E-state index < -0.39 is 11.6 Å². The number of rotatable bonds is 5. The molecule has 142 valence electrons. The van der Waals surface area contributed by atoms with Gasteiger partial charge in [-0.2, -0.15) is 0 Å². The summed E-state index contributed by atoms with van der Waals surface area (Å²) in [6.45, 7) is 4.43. The van der Waals surface area contributed by atoms with E-state index in [9.17, 15) is 8.78 Å². The zero-order valence-electron chi connectivity index (χ0n) is 16.2. The van der Waals surface area contributed by atoms with E-state index in [-0.39, 0.29) is 5.92 Å². The van der Waals surface area contributed by atoms with Crippen LogP contribution in [-0.4, -0.2) is 0 Å². The van der Waals surface area contributed by atoms with E-state index in [0.717, 1.165) is 38.5 Å². The topological polar surface area (TPSA) is 0 Å². The Labute approximate surface area is 157 Å². The molecule has 3 rings (SSSR count). The highest BCUT2D eigenvalue weighted by Crippen LogP contribution is 2.37. The first-order valence-electron chi connectivity index (χ1n) is 10.3. The Morgan fingerprint density at radius 1 is 1.04 bits per heavy atom. The average molecular weight is 359 g/mol. The predicted octanol–water partition coefficient (Wildman–Crippen LogP) is 7.49. The third kappa shape index (κ3) is 4.84. The van der Waals surface area contributed by atoms with Crippen molar-refractivity contribution >= 4 is 0 Å². The van der Waals surface area contributed by atoms with E-state index >= 15 is 0 Å². The molecule has 26 heavy (non-hydrogen) atoms. The number of allylic oxidation sites excluding steroid dienone is 4. The zero-order chi connectivity index (χ0) is 18.5. The summed E-state index contributed by atoms with van der Waals surface area (Å²) in [7, 11) is 0. The van der Waals surface area contributed by atoms with Gasteiger partial charge in [0.05, 0.1) is 0 Å². The minimum atomic E-state index is -0.620. The van der Waals surface area contributed by atoms with Crippen molar-refractivity contribution in [1.82, 2.24) is 0 Å². The first kappa shape index (κ1) is 19.3. The van der Waals surface area contributed by atoms with Crippen LogP contribution in [0, 0.1) is 23.5 Å². The van der Waals surface area contributed by atoms with Crippen LogP contribution in [0.2, 0.25) is 0 Å². The number of hydrogen-bond acceptors (Lipinski definition) is 0. The SMILES string of the molecule is CC1=CCC(/C=C/CCc2ccc(C3CCC(C)CC3)c(F)c2F)CC1. The summed E-state index contributed by atoms with van der Waals surface area (Å²) in [5.41, 5.74) is 2.59. The molecule has 0 aliphatic heterocycles. The lowest BCUT2D eigenvalue weighted by molar-refractivity contribution is 0.339. The standard InChI is InChI=1S/C24H32F2/c1-17-7-11-19(12-8-17)5-3-4-6-21-15-16-22(24(26)23(21)25)20-13-9-18(2)10-14-20/h3,5,7,15-16,18-20H,4,6,8-14H2,1-2H3/b5-3+. The highest BCUT2D eigenvalue weighted by molar-refractivity contribution is 5.29. The molecule has 1 aromatic rings. The largest absolute Gasteiger partial charge is 0.203 e. The molecule has 0 radical (unpaired) electrons. The van der Waals surface area contributed by atoms with Crippen LogP contribution in [0.25, 0.3) is 0 Å². The molecule has 0 N–H and O–H groups in total. The molecular weight excluding hydrogens is 326 g/mol. The Kier molecular flexibility index (Phi) is 6.67. The molecule has 1 atom stereocenters. The lowest BCUT2D eigenvalue weighted by atomic mass is 9.79. The van der Waals surface area contributed by atoms with Crippen molar-refractivity contribution < 1.29 is 8.78 Å². The molecule has 0 spiro atoms. The zero-order valence-corrected chi connectivity index (χ0v) is 16.2. The monoisotopic (exact) mass is 358 g/mol. The minimum Gasteiger partial charge on any atom is -0.203 e. The fourth-order valence-corrected chi connectivity index (χ4v) is 4.37. The van der Waals surface area contributed by atoms with Gasteiger partial charge in [-0.1, -0.05) is 55.7 Å². The van der Waals surface area contributed by atoms with Gasteiger partial charge in [-0.15, -0.1) is 0 Å². The van der Waals surface area contributed by atoms with Crippen LogP contribution in [0.1, 0.15) is 82.3 Å². The Bertz CT molecular complexity index is 663. The molecule has 0 saturated heterocycles. The Balaban J connectivity index is 1.56. The van der Waals surface area contributed by atoms with Crippen LogP contribution in [0.15, 0.2) is 35.9 Å². The first-order chi connectivity index (χ1) is 12.5. The predicted molar refractivity (Wildman–Crippen MR) is 105 cm³/mol. The molecule has 1 fully saturated rings. The van der Waals surface area contributed by atoms with Gasteiger partial charge < -0.3 is 0 Å². The van der Waals surface area contributed by atoms with Crippen molar-refractivity contribution in [3.8, 4) is 0 Å².